The molecule has 5 heteroatoms. The molecule has 0 aliphatic heterocycles. The molecule has 0 fully saturated rings. The van der Waals surface area contributed by atoms with Gasteiger partial charge >= 0.3 is 5.97 Å². The lowest BCUT2D eigenvalue weighted by molar-refractivity contribution is 0.0697. The molecule has 0 bridgehead atoms. The van der Waals surface area contributed by atoms with Crippen LogP contribution in [0.5, 0.6) is 0 Å². The molecule has 0 atom stereocenters. The molecule has 2 aromatic rings. The molecule has 0 aliphatic rings. The van der Waals surface area contributed by atoms with Crippen LogP contribution in [0.2, 0.25) is 0 Å². The van der Waals surface area contributed by atoms with Crippen molar-refractivity contribution in [3.8, 4) is 0 Å². The minimum atomic E-state index is -0.944. The van der Waals surface area contributed by atoms with Crippen LogP contribution in [0, 0.1) is 0 Å². The first-order valence-electron chi connectivity index (χ1n) is 6.86. The Balaban J connectivity index is 2.09. The highest BCUT2D eigenvalue weighted by molar-refractivity contribution is 5.88. The van der Waals surface area contributed by atoms with Crippen molar-refractivity contribution in [3.05, 3.63) is 47.7 Å². The van der Waals surface area contributed by atoms with E-state index in [1.807, 2.05) is 12.1 Å². The summed E-state index contributed by atoms with van der Waals surface area (Å²) in [7, 11) is 0. The molecule has 0 saturated heterocycles. The van der Waals surface area contributed by atoms with Crippen molar-refractivity contribution < 1.29 is 14.3 Å². The number of aliphatic imine (C=N–C) groups is 1. The molecule has 0 unspecified atom stereocenters. The van der Waals surface area contributed by atoms with E-state index in [1.165, 1.54) is 12.1 Å². The SMILES string of the molecule is CCN(CC)c1ccc(C=Nc2ccc(C(=O)O)cc2)o1. The molecular formula is C16H18N2O3. The van der Waals surface area contributed by atoms with Gasteiger partial charge in [0.25, 0.3) is 0 Å². The Morgan fingerprint density at radius 1 is 1.19 bits per heavy atom. The lowest BCUT2D eigenvalue weighted by atomic mass is 10.2. The quantitative estimate of drug-likeness (QED) is 0.824. The predicted molar refractivity (Wildman–Crippen MR) is 82.9 cm³/mol. The van der Waals surface area contributed by atoms with Crippen molar-refractivity contribution in [1.82, 2.24) is 0 Å². The molecule has 2 rings (SSSR count). The fraction of sp³-hybridized carbons (Fsp3) is 0.250. The van der Waals surface area contributed by atoms with E-state index in [9.17, 15) is 4.79 Å². The van der Waals surface area contributed by atoms with E-state index >= 15 is 0 Å². The van der Waals surface area contributed by atoms with Crippen LogP contribution in [0.3, 0.4) is 0 Å². The molecule has 0 saturated carbocycles. The minimum absolute atomic E-state index is 0.246. The van der Waals surface area contributed by atoms with Gasteiger partial charge in [-0.3, -0.25) is 4.99 Å². The first kappa shape index (κ1) is 14.8. The normalized spacial score (nSPS) is 11.0. The summed E-state index contributed by atoms with van der Waals surface area (Å²) in [5.41, 5.74) is 0.927. The van der Waals surface area contributed by atoms with E-state index in [1.54, 1.807) is 18.3 Å². The van der Waals surface area contributed by atoms with Gasteiger partial charge in [-0.2, -0.15) is 0 Å². The lowest BCUT2D eigenvalue weighted by Gasteiger charge is -2.16. The highest BCUT2D eigenvalue weighted by atomic mass is 16.4. The summed E-state index contributed by atoms with van der Waals surface area (Å²) in [6.07, 6.45) is 1.63. The lowest BCUT2D eigenvalue weighted by Crippen LogP contribution is -2.20. The third-order valence-corrected chi connectivity index (χ3v) is 3.14. The molecule has 110 valence electrons. The van der Waals surface area contributed by atoms with E-state index in [-0.39, 0.29) is 5.56 Å². The van der Waals surface area contributed by atoms with Crippen molar-refractivity contribution in [2.75, 3.05) is 18.0 Å². The summed E-state index contributed by atoms with van der Waals surface area (Å²) >= 11 is 0. The van der Waals surface area contributed by atoms with Crippen LogP contribution in [0.15, 0.2) is 45.8 Å². The summed E-state index contributed by atoms with van der Waals surface area (Å²) in [6.45, 7) is 5.92. The summed E-state index contributed by atoms with van der Waals surface area (Å²) in [4.78, 5) is 17.1. The predicted octanol–water partition coefficient (Wildman–Crippen LogP) is 3.57. The number of benzene rings is 1. The molecule has 0 aliphatic carbocycles. The summed E-state index contributed by atoms with van der Waals surface area (Å²) < 4.78 is 5.69. The first-order valence-corrected chi connectivity index (χ1v) is 6.86. The molecule has 0 amide bonds. The maximum absolute atomic E-state index is 10.8. The summed E-state index contributed by atoms with van der Waals surface area (Å²) in [5, 5.41) is 8.83. The smallest absolute Gasteiger partial charge is 0.335 e. The summed E-state index contributed by atoms with van der Waals surface area (Å²) in [5.74, 6) is 0.544. The number of nitrogens with zero attached hydrogens (tertiary/aromatic N) is 2. The third kappa shape index (κ3) is 3.72. The Labute approximate surface area is 123 Å². The van der Waals surface area contributed by atoms with Crippen LogP contribution in [-0.4, -0.2) is 30.4 Å². The average Bonchev–Trinajstić information content (AvgIpc) is 2.96. The van der Waals surface area contributed by atoms with Crippen molar-refractivity contribution in [1.29, 1.82) is 0 Å². The van der Waals surface area contributed by atoms with E-state index in [0.717, 1.165) is 19.0 Å². The zero-order valence-electron chi connectivity index (χ0n) is 12.1. The van der Waals surface area contributed by atoms with Crippen LogP contribution in [0.4, 0.5) is 11.6 Å². The second kappa shape index (κ2) is 6.74. The first-order chi connectivity index (χ1) is 10.1. The van der Waals surface area contributed by atoms with Gasteiger partial charge in [0.1, 0.15) is 5.76 Å². The van der Waals surface area contributed by atoms with E-state index in [0.29, 0.717) is 11.4 Å². The molecule has 5 nitrogen and oxygen atoms in total. The fourth-order valence-corrected chi connectivity index (χ4v) is 1.95. The largest absolute Gasteiger partial charge is 0.478 e. The molecule has 0 spiro atoms. The Morgan fingerprint density at radius 2 is 1.86 bits per heavy atom. The average molecular weight is 286 g/mol. The van der Waals surface area contributed by atoms with E-state index < -0.39 is 5.97 Å². The zero-order valence-corrected chi connectivity index (χ0v) is 12.1. The van der Waals surface area contributed by atoms with E-state index in [2.05, 4.69) is 23.7 Å². The monoisotopic (exact) mass is 286 g/mol. The Kier molecular flexibility index (Phi) is 4.77. The number of anilines is 1. The highest BCUT2D eigenvalue weighted by Crippen LogP contribution is 2.18. The van der Waals surface area contributed by atoms with Gasteiger partial charge in [0.2, 0.25) is 0 Å². The van der Waals surface area contributed by atoms with Gasteiger partial charge < -0.3 is 14.4 Å². The third-order valence-electron chi connectivity index (χ3n) is 3.14. The van der Waals surface area contributed by atoms with Crippen LogP contribution in [-0.2, 0) is 0 Å². The highest BCUT2D eigenvalue weighted by Gasteiger charge is 2.06. The Bertz CT molecular complexity index is 625. The summed E-state index contributed by atoms with van der Waals surface area (Å²) in [6, 6.07) is 10.2. The second-order valence-corrected chi connectivity index (χ2v) is 4.46. The number of aromatic carboxylic acids is 1. The van der Waals surface area contributed by atoms with Crippen molar-refractivity contribution >= 4 is 23.8 Å². The molecular weight excluding hydrogens is 268 g/mol. The number of rotatable bonds is 6. The molecule has 1 aromatic carbocycles. The van der Waals surface area contributed by atoms with Gasteiger partial charge in [0, 0.05) is 19.2 Å². The van der Waals surface area contributed by atoms with Crippen LogP contribution >= 0.6 is 0 Å². The number of carbonyl (C=O) groups is 1. The van der Waals surface area contributed by atoms with Gasteiger partial charge in [0.05, 0.1) is 17.5 Å². The molecule has 1 aromatic heterocycles. The number of furan rings is 1. The number of hydrogen-bond donors (Lipinski definition) is 1. The zero-order chi connectivity index (χ0) is 15.2. The number of carboxylic acid groups (broad SMARTS) is 1. The van der Waals surface area contributed by atoms with Gasteiger partial charge in [0.15, 0.2) is 5.88 Å². The topological polar surface area (TPSA) is 66.0 Å². The van der Waals surface area contributed by atoms with Crippen LogP contribution in [0.1, 0.15) is 30.0 Å². The van der Waals surface area contributed by atoms with Gasteiger partial charge in [-0.05, 0) is 44.2 Å². The van der Waals surface area contributed by atoms with Crippen molar-refractivity contribution in [2.45, 2.75) is 13.8 Å². The molecule has 0 radical (unpaired) electrons. The Morgan fingerprint density at radius 3 is 2.43 bits per heavy atom. The van der Waals surface area contributed by atoms with E-state index in [4.69, 9.17) is 9.52 Å². The second-order valence-electron chi connectivity index (χ2n) is 4.46. The number of hydrogen-bond acceptors (Lipinski definition) is 4. The molecule has 1 heterocycles. The van der Waals surface area contributed by atoms with Crippen molar-refractivity contribution in [2.24, 2.45) is 4.99 Å². The van der Waals surface area contributed by atoms with Crippen LogP contribution < -0.4 is 4.90 Å². The van der Waals surface area contributed by atoms with Gasteiger partial charge in [-0.15, -0.1) is 0 Å². The maximum atomic E-state index is 10.8. The fourth-order valence-electron chi connectivity index (χ4n) is 1.95. The standard InChI is InChI=1S/C16H18N2O3/c1-3-18(4-2)15-10-9-14(21-15)11-17-13-7-5-12(6-8-13)16(19)20/h5-11H,3-4H2,1-2H3,(H,19,20). The number of carboxylic acids is 1. The minimum Gasteiger partial charge on any atom is -0.478 e. The Hall–Kier alpha value is -2.56. The maximum Gasteiger partial charge on any atom is 0.335 e. The van der Waals surface area contributed by atoms with Crippen LogP contribution in [0.25, 0.3) is 0 Å². The molecule has 1 N–H and O–H groups in total. The van der Waals surface area contributed by atoms with Gasteiger partial charge in [-0.1, -0.05) is 0 Å². The van der Waals surface area contributed by atoms with Gasteiger partial charge in [-0.25, -0.2) is 4.79 Å². The molecule has 21 heavy (non-hydrogen) atoms. The van der Waals surface area contributed by atoms with Crippen molar-refractivity contribution in [3.63, 3.8) is 0 Å².